The van der Waals surface area contributed by atoms with Crippen LogP contribution in [-0.4, -0.2) is 5.25 Å². The lowest BCUT2D eigenvalue weighted by atomic mass is 10.1. The number of hydrogen-bond acceptors (Lipinski definition) is 5. The standard InChI is InChI=1S/C12H8S5/c13-12-16-10-11(17-12)15-9-7-4-2-1-3-6(7)5-8(9)14-10/h1-4,8-9H,5H2. The lowest BCUT2D eigenvalue weighted by molar-refractivity contribution is 0.906. The Morgan fingerprint density at radius 1 is 1.06 bits per heavy atom. The molecule has 0 bridgehead atoms. The summed E-state index contributed by atoms with van der Waals surface area (Å²) >= 11 is 13.0. The molecule has 1 aromatic carbocycles. The second-order valence-corrected chi connectivity index (χ2v) is 10.3. The highest BCUT2D eigenvalue weighted by atomic mass is 32.2. The molecule has 0 nitrogen and oxygen atoms in total. The van der Waals surface area contributed by atoms with Crippen LogP contribution in [0.25, 0.3) is 0 Å². The van der Waals surface area contributed by atoms with Gasteiger partial charge in [0.1, 0.15) is 3.14 Å². The lowest BCUT2D eigenvalue weighted by Crippen LogP contribution is -2.09. The molecule has 0 radical (unpaired) electrons. The number of fused-ring (bicyclic) bond motifs is 4. The second kappa shape index (κ2) is 4.10. The minimum Gasteiger partial charge on any atom is -0.108 e. The molecular weight excluding hydrogens is 304 g/mol. The average Bonchev–Trinajstić information content (AvgIpc) is 2.84. The summed E-state index contributed by atoms with van der Waals surface area (Å²) in [5, 5.41) is 1.36. The van der Waals surface area contributed by atoms with E-state index in [-0.39, 0.29) is 0 Å². The van der Waals surface area contributed by atoms with Crippen LogP contribution < -0.4 is 0 Å². The van der Waals surface area contributed by atoms with Crippen molar-refractivity contribution in [3.8, 4) is 0 Å². The molecule has 0 amide bonds. The molecule has 0 spiro atoms. The molecule has 0 N–H and O–H groups in total. The fraction of sp³-hybridized carbons (Fsp3) is 0.250. The molecule has 2 atom stereocenters. The maximum absolute atomic E-state index is 5.30. The van der Waals surface area contributed by atoms with Gasteiger partial charge in [0.05, 0.1) is 8.42 Å². The molecule has 0 fully saturated rings. The zero-order chi connectivity index (χ0) is 11.4. The third-order valence-electron chi connectivity index (χ3n) is 3.13. The smallest absolute Gasteiger partial charge is 0.108 e. The van der Waals surface area contributed by atoms with Crippen LogP contribution in [0, 0.1) is 3.14 Å². The molecule has 2 aromatic rings. The molecular formula is C12H8S5. The third-order valence-corrected chi connectivity index (χ3v) is 9.42. The summed E-state index contributed by atoms with van der Waals surface area (Å²) in [5.74, 6) is 0. The highest BCUT2D eigenvalue weighted by molar-refractivity contribution is 8.09. The van der Waals surface area contributed by atoms with Crippen molar-refractivity contribution < 1.29 is 0 Å². The second-order valence-electron chi connectivity index (χ2n) is 4.13. The molecule has 2 unspecified atom stereocenters. The molecule has 86 valence electrons. The first-order valence-electron chi connectivity index (χ1n) is 5.36. The van der Waals surface area contributed by atoms with Gasteiger partial charge in [-0.25, -0.2) is 0 Å². The van der Waals surface area contributed by atoms with Crippen LogP contribution in [0.3, 0.4) is 0 Å². The summed E-state index contributed by atoms with van der Waals surface area (Å²) in [6.45, 7) is 0. The van der Waals surface area contributed by atoms with Gasteiger partial charge in [0.25, 0.3) is 0 Å². The molecule has 2 heterocycles. The SMILES string of the molecule is S=c1sc2c(s1)SC1c3ccccc3CC1S2. The van der Waals surface area contributed by atoms with Gasteiger partial charge in [0.15, 0.2) is 0 Å². The Morgan fingerprint density at radius 3 is 2.71 bits per heavy atom. The molecule has 1 aliphatic heterocycles. The number of thioether (sulfide) groups is 2. The predicted molar refractivity (Wildman–Crippen MR) is 81.4 cm³/mol. The third kappa shape index (κ3) is 1.75. The van der Waals surface area contributed by atoms with E-state index >= 15 is 0 Å². The van der Waals surface area contributed by atoms with Gasteiger partial charge in [-0.05, 0) is 17.5 Å². The van der Waals surface area contributed by atoms with E-state index in [1.165, 1.54) is 14.8 Å². The normalized spacial score (nSPS) is 25.2. The van der Waals surface area contributed by atoms with Crippen molar-refractivity contribution in [1.82, 2.24) is 0 Å². The van der Waals surface area contributed by atoms with Gasteiger partial charge >= 0.3 is 0 Å². The van der Waals surface area contributed by atoms with Crippen molar-refractivity contribution >= 4 is 58.4 Å². The summed E-state index contributed by atoms with van der Waals surface area (Å²) < 4.78 is 3.98. The Kier molecular flexibility index (Phi) is 2.66. The summed E-state index contributed by atoms with van der Waals surface area (Å²) in [7, 11) is 0. The van der Waals surface area contributed by atoms with E-state index in [2.05, 4.69) is 24.3 Å². The quantitative estimate of drug-likeness (QED) is 0.598. The first-order chi connectivity index (χ1) is 8.31. The lowest BCUT2D eigenvalue weighted by Gasteiger charge is -2.23. The van der Waals surface area contributed by atoms with Gasteiger partial charge in [-0.15, -0.1) is 46.2 Å². The van der Waals surface area contributed by atoms with E-state index in [0.29, 0.717) is 10.5 Å². The van der Waals surface area contributed by atoms with Crippen molar-refractivity contribution in [3.63, 3.8) is 0 Å². The van der Waals surface area contributed by atoms with Crippen molar-refractivity contribution in [1.29, 1.82) is 0 Å². The van der Waals surface area contributed by atoms with Gasteiger partial charge in [-0.3, -0.25) is 0 Å². The van der Waals surface area contributed by atoms with E-state index < -0.39 is 0 Å². The Hall–Kier alpha value is 0.190. The fourth-order valence-electron chi connectivity index (χ4n) is 2.42. The van der Waals surface area contributed by atoms with E-state index in [9.17, 15) is 0 Å². The monoisotopic (exact) mass is 312 g/mol. The molecule has 1 aliphatic carbocycles. The molecule has 4 rings (SSSR count). The predicted octanol–water partition coefficient (Wildman–Crippen LogP) is 5.40. The van der Waals surface area contributed by atoms with E-state index in [4.69, 9.17) is 12.2 Å². The number of benzene rings is 1. The van der Waals surface area contributed by atoms with Crippen molar-refractivity contribution in [3.05, 3.63) is 38.5 Å². The Bertz CT molecular complexity index is 638. The first-order valence-corrected chi connectivity index (χ1v) is 9.16. The average molecular weight is 313 g/mol. The zero-order valence-electron chi connectivity index (χ0n) is 8.71. The van der Waals surface area contributed by atoms with Crippen LogP contribution in [0.1, 0.15) is 16.4 Å². The van der Waals surface area contributed by atoms with Gasteiger partial charge in [0, 0.05) is 10.5 Å². The van der Waals surface area contributed by atoms with Gasteiger partial charge in [-0.1, -0.05) is 36.5 Å². The van der Waals surface area contributed by atoms with Crippen molar-refractivity contribution in [2.45, 2.75) is 25.3 Å². The summed E-state index contributed by atoms with van der Waals surface area (Å²) in [4.78, 5) is 0. The molecule has 17 heavy (non-hydrogen) atoms. The summed E-state index contributed by atoms with van der Waals surface area (Å²) in [6.07, 6.45) is 1.22. The van der Waals surface area contributed by atoms with Crippen LogP contribution in [-0.2, 0) is 6.42 Å². The Labute approximate surface area is 121 Å². The Morgan fingerprint density at radius 2 is 1.82 bits per heavy atom. The number of hydrogen-bond donors (Lipinski definition) is 0. The van der Waals surface area contributed by atoms with Crippen LogP contribution in [0.4, 0.5) is 0 Å². The van der Waals surface area contributed by atoms with Gasteiger partial charge in [-0.2, -0.15) is 0 Å². The van der Waals surface area contributed by atoms with Crippen LogP contribution in [0.5, 0.6) is 0 Å². The summed E-state index contributed by atoms with van der Waals surface area (Å²) in [5.41, 5.74) is 3.09. The molecule has 5 heteroatoms. The highest BCUT2D eigenvalue weighted by Gasteiger charge is 2.38. The van der Waals surface area contributed by atoms with Gasteiger partial charge < -0.3 is 0 Å². The van der Waals surface area contributed by atoms with E-state index in [0.717, 1.165) is 3.14 Å². The minimum absolute atomic E-state index is 0.643. The van der Waals surface area contributed by atoms with E-state index in [1.807, 2.05) is 23.5 Å². The molecule has 1 aromatic heterocycles. The van der Waals surface area contributed by atoms with Crippen molar-refractivity contribution in [2.75, 3.05) is 0 Å². The number of rotatable bonds is 0. The topological polar surface area (TPSA) is 0 Å². The summed E-state index contributed by atoms with van der Waals surface area (Å²) in [6, 6.07) is 8.90. The van der Waals surface area contributed by atoms with Crippen molar-refractivity contribution in [2.24, 2.45) is 0 Å². The maximum Gasteiger partial charge on any atom is 0.145 e. The minimum atomic E-state index is 0.643. The van der Waals surface area contributed by atoms with Crippen LogP contribution in [0.15, 0.2) is 32.7 Å². The fourth-order valence-corrected chi connectivity index (χ4v) is 9.50. The van der Waals surface area contributed by atoms with E-state index in [1.54, 1.807) is 33.8 Å². The Balaban J connectivity index is 1.81. The largest absolute Gasteiger partial charge is 0.145 e. The van der Waals surface area contributed by atoms with Crippen LogP contribution in [0.2, 0.25) is 0 Å². The van der Waals surface area contributed by atoms with Crippen LogP contribution >= 0.6 is 58.4 Å². The van der Waals surface area contributed by atoms with Gasteiger partial charge in [0.2, 0.25) is 0 Å². The maximum atomic E-state index is 5.30. The molecule has 2 aliphatic rings. The molecule has 0 saturated heterocycles. The highest BCUT2D eigenvalue weighted by Crippen LogP contribution is 2.59. The molecule has 0 saturated carbocycles. The first kappa shape index (κ1) is 11.1. The zero-order valence-corrected chi connectivity index (χ0v) is 12.8.